The van der Waals surface area contributed by atoms with Crippen molar-refractivity contribution < 1.29 is 4.79 Å². The van der Waals surface area contributed by atoms with Gasteiger partial charge >= 0.3 is 0 Å². The average molecular weight is 379 g/mol. The van der Waals surface area contributed by atoms with E-state index in [4.69, 9.17) is 0 Å². The van der Waals surface area contributed by atoms with Gasteiger partial charge in [-0.05, 0) is 44.7 Å². The summed E-state index contributed by atoms with van der Waals surface area (Å²) in [6.07, 6.45) is 8.03. The lowest BCUT2D eigenvalue weighted by atomic mass is 9.93. The number of hydrogen-bond donors (Lipinski definition) is 1. The van der Waals surface area contributed by atoms with Gasteiger partial charge in [-0.2, -0.15) is 0 Å². The van der Waals surface area contributed by atoms with Gasteiger partial charge in [0.15, 0.2) is 5.82 Å². The quantitative estimate of drug-likeness (QED) is 0.870. The number of hydrogen-bond acceptors (Lipinski definition) is 4. The molecule has 148 valence electrons. The van der Waals surface area contributed by atoms with Crippen LogP contribution < -0.4 is 10.2 Å². The highest BCUT2D eigenvalue weighted by molar-refractivity contribution is 5.79. The van der Waals surface area contributed by atoms with E-state index in [1.807, 2.05) is 12.1 Å². The molecular formula is C23H30N4O. The summed E-state index contributed by atoms with van der Waals surface area (Å²) in [6, 6.07) is 12.8. The molecule has 0 bridgehead atoms. The molecule has 1 aromatic carbocycles. The van der Waals surface area contributed by atoms with Crippen LogP contribution in [0.2, 0.25) is 0 Å². The van der Waals surface area contributed by atoms with Crippen LogP contribution in [0, 0.1) is 12.8 Å². The number of amides is 1. The molecule has 28 heavy (non-hydrogen) atoms. The van der Waals surface area contributed by atoms with Gasteiger partial charge in [0.1, 0.15) is 0 Å². The Bertz CT molecular complexity index is 781. The minimum atomic E-state index is 0.0502. The topological polar surface area (TPSA) is 58.1 Å². The Morgan fingerprint density at radius 3 is 2.46 bits per heavy atom. The number of nitrogens with zero attached hydrogens (tertiary/aromatic N) is 3. The molecule has 2 heterocycles. The third-order valence-corrected chi connectivity index (χ3v) is 6.07. The maximum absolute atomic E-state index is 12.7. The molecule has 5 nitrogen and oxygen atoms in total. The number of nitrogens with one attached hydrogen (secondary N) is 1. The first-order chi connectivity index (χ1) is 13.7. The molecule has 5 heteroatoms. The molecule has 1 amide bonds. The second kappa shape index (κ2) is 8.72. The minimum absolute atomic E-state index is 0.0502. The molecule has 1 aromatic heterocycles. The van der Waals surface area contributed by atoms with Gasteiger partial charge in [0.05, 0.1) is 11.6 Å². The standard InChI is InChI=1S/C23H30N4O/c1-17-9-11-18(12-10-17)21-13-14-22(26-25-21)27-15-5-6-19(16-27)23(28)24-20-7-3-2-4-8-20/h9-14,19-20H,2-8,15-16H2,1H3,(H,24,28). The van der Waals surface area contributed by atoms with E-state index in [-0.39, 0.29) is 11.8 Å². The van der Waals surface area contributed by atoms with Crippen molar-refractivity contribution in [3.05, 3.63) is 42.0 Å². The summed E-state index contributed by atoms with van der Waals surface area (Å²) in [5.74, 6) is 1.14. The fraction of sp³-hybridized carbons (Fsp3) is 0.522. The Kier molecular flexibility index (Phi) is 5.89. The number of rotatable bonds is 4. The number of aromatic nitrogens is 2. The molecule has 2 aromatic rings. The molecule has 2 fully saturated rings. The van der Waals surface area contributed by atoms with E-state index in [1.165, 1.54) is 24.8 Å². The number of carbonyl (C=O) groups is 1. The zero-order valence-corrected chi connectivity index (χ0v) is 16.7. The Morgan fingerprint density at radius 2 is 1.75 bits per heavy atom. The normalized spacial score (nSPS) is 20.8. The van der Waals surface area contributed by atoms with Gasteiger partial charge in [-0.25, -0.2) is 0 Å². The third kappa shape index (κ3) is 4.51. The van der Waals surface area contributed by atoms with E-state index in [0.29, 0.717) is 6.04 Å². The van der Waals surface area contributed by atoms with Gasteiger partial charge in [0.25, 0.3) is 0 Å². The molecule has 1 saturated carbocycles. The molecule has 1 aliphatic carbocycles. The second-order valence-electron chi connectivity index (χ2n) is 8.27. The monoisotopic (exact) mass is 378 g/mol. The Morgan fingerprint density at radius 1 is 0.964 bits per heavy atom. The highest BCUT2D eigenvalue weighted by Gasteiger charge is 2.28. The summed E-state index contributed by atoms with van der Waals surface area (Å²) in [7, 11) is 0. The molecule has 1 aliphatic heterocycles. The van der Waals surface area contributed by atoms with Gasteiger partial charge in [-0.3, -0.25) is 4.79 Å². The van der Waals surface area contributed by atoms with E-state index >= 15 is 0 Å². The van der Waals surface area contributed by atoms with Crippen LogP contribution in [0.1, 0.15) is 50.5 Å². The van der Waals surface area contributed by atoms with Crippen LogP contribution in [0.4, 0.5) is 5.82 Å². The number of carbonyl (C=O) groups excluding carboxylic acids is 1. The van der Waals surface area contributed by atoms with Crippen LogP contribution in [-0.2, 0) is 4.79 Å². The predicted octanol–water partition coefficient (Wildman–Crippen LogP) is 4.12. The fourth-order valence-electron chi connectivity index (χ4n) is 4.34. The molecule has 1 saturated heterocycles. The van der Waals surface area contributed by atoms with Gasteiger partial charge in [0, 0.05) is 24.7 Å². The number of anilines is 1. The summed E-state index contributed by atoms with van der Waals surface area (Å²) >= 11 is 0. The zero-order chi connectivity index (χ0) is 19.3. The van der Waals surface area contributed by atoms with E-state index < -0.39 is 0 Å². The van der Waals surface area contributed by atoms with Crippen molar-refractivity contribution in [1.29, 1.82) is 0 Å². The molecule has 0 spiro atoms. The van der Waals surface area contributed by atoms with Crippen molar-refractivity contribution in [1.82, 2.24) is 15.5 Å². The maximum atomic E-state index is 12.7. The van der Waals surface area contributed by atoms with Crippen LogP contribution in [0.15, 0.2) is 36.4 Å². The first-order valence-corrected chi connectivity index (χ1v) is 10.6. The van der Waals surface area contributed by atoms with E-state index in [0.717, 1.165) is 55.8 Å². The second-order valence-corrected chi connectivity index (χ2v) is 8.27. The first kappa shape index (κ1) is 18.9. The molecule has 1 N–H and O–H groups in total. The molecule has 1 atom stereocenters. The van der Waals surface area contributed by atoms with E-state index in [2.05, 4.69) is 51.6 Å². The molecule has 1 unspecified atom stereocenters. The Hall–Kier alpha value is -2.43. The minimum Gasteiger partial charge on any atom is -0.354 e. The van der Waals surface area contributed by atoms with Crippen molar-refractivity contribution >= 4 is 11.7 Å². The van der Waals surface area contributed by atoms with Crippen molar-refractivity contribution in [3.63, 3.8) is 0 Å². The number of aryl methyl sites for hydroxylation is 1. The van der Waals surface area contributed by atoms with E-state index in [9.17, 15) is 4.79 Å². The molecule has 4 rings (SSSR count). The highest BCUT2D eigenvalue weighted by Crippen LogP contribution is 2.25. The van der Waals surface area contributed by atoms with Crippen molar-refractivity contribution in [3.8, 4) is 11.3 Å². The summed E-state index contributed by atoms with van der Waals surface area (Å²) in [4.78, 5) is 14.9. The van der Waals surface area contributed by atoms with Gasteiger partial charge in [-0.15, -0.1) is 10.2 Å². The van der Waals surface area contributed by atoms with E-state index in [1.54, 1.807) is 0 Å². The van der Waals surface area contributed by atoms with Gasteiger partial charge in [-0.1, -0.05) is 49.1 Å². The molecule has 0 radical (unpaired) electrons. The fourth-order valence-corrected chi connectivity index (χ4v) is 4.34. The Labute approximate surface area is 167 Å². The molecular weight excluding hydrogens is 348 g/mol. The first-order valence-electron chi connectivity index (χ1n) is 10.6. The van der Waals surface area contributed by atoms with Crippen molar-refractivity contribution in [2.75, 3.05) is 18.0 Å². The van der Waals surface area contributed by atoms with Crippen molar-refractivity contribution in [2.24, 2.45) is 5.92 Å². The summed E-state index contributed by atoms with van der Waals surface area (Å²) in [5.41, 5.74) is 3.19. The maximum Gasteiger partial charge on any atom is 0.225 e. The lowest BCUT2D eigenvalue weighted by Gasteiger charge is -2.34. The lowest BCUT2D eigenvalue weighted by Crippen LogP contribution is -2.46. The van der Waals surface area contributed by atoms with Crippen molar-refractivity contribution in [2.45, 2.75) is 57.9 Å². The Balaban J connectivity index is 1.38. The largest absolute Gasteiger partial charge is 0.354 e. The zero-order valence-electron chi connectivity index (χ0n) is 16.7. The third-order valence-electron chi connectivity index (χ3n) is 6.07. The highest BCUT2D eigenvalue weighted by atomic mass is 16.2. The van der Waals surface area contributed by atoms with Crippen LogP contribution in [0.5, 0.6) is 0 Å². The average Bonchev–Trinajstić information content (AvgIpc) is 2.75. The smallest absolute Gasteiger partial charge is 0.225 e. The van der Waals surface area contributed by atoms with Crippen LogP contribution in [0.25, 0.3) is 11.3 Å². The van der Waals surface area contributed by atoms with Gasteiger partial charge < -0.3 is 10.2 Å². The number of benzene rings is 1. The summed E-state index contributed by atoms with van der Waals surface area (Å²) in [6.45, 7) is 3.75. The lowest BCUT2D eigenvalue weighted by molar-refractivity contribution is -0.126. The molecule has 2 aliphatic rings. The van der Waals surface area contributed by atoms with Crippen LogP contribution >= 0.6 is 0 Å². The summed E-state index contributed by atoms with van der Waals surface area (Å²) in [5, 5.41) is 12.2. The van der Waals surface area contributed by atoms with Crippen LogP contribution in [0.3, 0.4) is 0 Å². The van der Waals surface area contributed by atoms with Gasteiger partial charge in [0.2, 0.25) is 5.91 Å². The van der Waals surface area contributed by atoms with Crippen LogP contribution in [-0.4, -0.2) is 35.2 Å². The SMILES string of the molecule is Cc1ccc(-c2ccc(N3CCCC(C(=O)NC4CCCCC4)C3)nn2)cc1. The predicted molar refractivity (Wildman–Crippen MR) is 112 cm³/mol. The summed E-state index contributed by atoms with van der Waals surface area (Å²) < 4.78 is 0. The number of piperidine rings is 1.